The van der Waals surface area contributed by atoms with Crippen LogP contribution in [-0.2, 0) is 11.2 Å². The van der Waals surface area contributed by atoms with Crippen LogP contribution in [0.3, 0.4) is 0 Å². The Balaban J connectivity index is 1.91. The Morgan fingerprint density at radius 2 is 2.10 bits per heavy atom. The molecule has 1 aliphatic heterocycles. The second-order valence-electron chi connectivity index (χ2n) is 5.69. The van der Waals surface area contributed by atoms with E-state index in [1.54, 1.807) is 13.0 Å². The third kappa shape index (κ3) is 2.47. The number of Topliss-reactive ketones (excluding diaryl/α,β-unsaturated/α-hetero) is 1. The highest BCUT2D eigenvalue weighted by Crippen LogP contribution is 2.36. The minimum absolute atomic E-state index is 0.0555. The Kier molecular flexibility index (Phi) is 3.55. The van der Waals surface area contributed by atoms with Crippen molar-refractivity contribution in [1.29, 1.82) is 0 Å². The molecule has 0 aromatic heterocycles. The summed E-state index contributed by atoms with van der Waals surface area (Å²) in [5.41, 5.74) is 2.72. The van der Waals surface area contributed by atoms with E-state index in [1.807, 2.05) is 17.0 Å². The zero-order valence-corrected chi connectivity index (χ0v) is 12.3. The summed E-state index contributed by atoms with van der Waals surface area (Å²) in [6, 6.07) is 5.60. The third-order valence-electron chi connectivity index (χ3n) is 4.04. The molecule has 1 saturated carbocycles. The average molecular weight is 292 g/mol. The normalized spacial score (nSPS) is 19.4. The number of halogens is 1. The van der Waals surface area contributed by atoms with Crippen LogP contribution < -0.4 is 4.90 Å². The van der Waals surface area contributed by atoms with Gasteiger partial charge in [0.2, 0.25) is 5.91 Å². The minimum atomic E-state index is -0.513. The summed E-state index contributed by atoms with van der Waals surface area (Å²) in [7, 11) is 0. The molecule has 1 heterocycles. The van der Waals surface area contributed by atoms with Gasteiger partial charge in [0.05, 0.1) is 5.38 Å². The van der Waals surface area contributed by atoms with Crippen molar-refractivity contribution in [2.24, 2.45) is 5.92 Å². The largest absolute Gasteiger partial charge is 0.312 e. The predicted octanol–water partition coefficient (Wildman–Crippen LogP) is 3.19. The molecule has 1 aromatic rings. The van der Waals surface area contributed by atoms with Crippen molar-refractivity contribution in [3.63, 3.8) is 0 Å². The molecule has 3 nitrogen and oxygen atoms in total. The van der Waals surface area contributed by atoms with Crippen molar-refractivity contribution in [1.82, 2.24) is 0 Å². The van der Waals surface area contributed by atoms with Crippen LogP contribution >= 0.6 is 11.6 Å². The number of fused-ring (bicyclic) bond motifs is 1. The number of alkyl halides is 1. The van der Waals surface area contributed by atoms with Gasteiger partial charge in [-0.15, -0.1) is 11.6 Å². The monoisotopic (exact) mass is 291 g/mol. The topological polar surface area (TPSA) is 37.4 Å². The summed E-state index contributed by atoms with van der Waals surface area (Å²) < 4.78 is 0. The van der Waals surface area contributed by atoms with Gasteiger partial charge in [0.25, 0.3) is 0 Å². The second-order valence-corrected chi connectivity index (χ2v) is 6.35. The molecule has 0 bridgehead atoms. The summed E-state index contributed by atoms with van der Waals surface area (Å²) in [6.07, 6.45) is 3.91. The quantitative estimate of drug-likeness (QED) is 0.633. The number of nitrogens with zero attached hydrogens (tertiary/aromatic N) is 1. The molecule has 0 N–H and O–H groups in total. The van der Waals surface area contributed by atoms with Crippen molar-refractivity contribution in [3.8, 4) is 0 Å². The van der Waals surface area contributed by atoms with E-state index in [4.69, 9.17) is 11.6 Å². The maximum absolute atomic E-state index is 12.3. The van der Waals surface area contributed by atoms with Crippen LogP contribution in [0.2, 0.25) is 0 Å². The molecule has 106 valence electrons. The van der Waals surface area contributed by atoms with Crippen LogP contribution in [0.25, 0.3) is 0 Å². The first-order chi connectivity index (χ1) is 9.58. The van der Waals surface area contributed by atoms with E-state index in [0.717, 1.165) is 43.5 Å². The fraction of sp³-hybridized carbons (Fsp3) is 0.500. The van der Waals surface area contributed by atoms with Crippen LogP contribution in [0, 0.1) is 5.92 Å². The molecule has 1 fully saturated rings. The van der Waals surface area contributed by atoms with E-state index in [0.29, 0.717) is 5.56 Å². The number of carbonyl (C=O) groups is 2. The van der Waals surface area contributed by atoms with Gasteiger partial charge in [-0.1, -0.05) is 0 Å². The maximum atomic E-state index is 12.3. The molecule has 0 saturated heterocycles. The zero-order valence-electron chi connectivity index (χ0n) is 11.6. The van der Waals surface area contributed by atoms with E-state index in [2.05, 4.69) is 0 Å². The number of aryl methyl sites for hydroxylation is 1. The van der Waals surface area contributed by atoms with Crippen molar-refractivity contribution in [3.05, 3.63) is 29.3 Å². The van der Waals surface area contributed by atoms with Gasteiger partial charge in [-0.3, -0.25) is 9.59 Å². The Morgan fingerprint density at radius 1 is 1.35 bits per heavy atom. The first-order valence-electron chi connectivity index (χ1n) is 7.20. The zero-order chi connectivity index (χ0) is 14.3. The lowest BCUT2D eigenvalue weighted by Gasteiger charge is -2.30. The van der Waals surface area contributed by atoms with Crippen LogP contribution in [-0.4, -0.2) is 23.6 Å². The summed E-state index contributed by atoms with van der Waals surface area (Å²) >= 11 is 5.86. The third-order valence-corrected chi connectivity index (χ3v) is 4.23. The van der Waals surface area contributed by atoms with Gasteiger partial charge < -0.3 is 4.90 Å². The molecule has 20 heavy (non-hydrogen) atoms. The molecule has 1 aromatic carbocycles. The lowest BCUT2D eigenvalue weighted by Crippen LogP contribution is -2.36. The highest BCUT2D eigenvalue weighted by Gasteiger charge is 2.35. The predicted molar refractivity (Wildman–Crippen MR) is 79.5 cm³/mol. The SMILES string of the molecule is CC(Cl)C(=O)c1ccc2c(c1)CCCN2C(=O)C1CC1. The number of ketones is 1. The number of amides is 1. The summed E-state index contributed by atoms with van der Waals surface area (Å²) in [4.78, 5) is 26.1. The second kappa shape index (κ2) is 5.21. The molecular weight excluding hydrogens is 274 g/mol. The van der Waals surface area contributed by atoms with E-state index in [-0.39, 0.29) is 17.6 Å². The molecule has 1 unspecified atom stereocenters. The van der Waals surface area contributed by atoms with E-state index >= 15 is 0 Å². The highest BCUT2D eigenvalue weighted by molar-refractivity contribution is 6.33. The molecule has 1 amide bonds. The van der Waals surface area contributed by atoms with Crippen LogP contribution in [0.15, 0.2) is 18.2 Å². The van der Waals surface area contributed by atoms with Crippen LogP contribution in [0.4, 0.5) is 5.69 Å². The Morgan fingerprint density at radius 3 is 2.75 bits per heavy atom. The van der Waals surface area contributed by atoms with E-state index < -0.39 is 5.38 Å². The average Bonchev–Trinajstić information content (AvgIpc) is 3.29. The van der Waals surface area contributed by atoms with Gasteiger partial charge in [0, 0.05) is 23.7 Å². The summed E-state index contributed by atoms with van der Waals surface area (Å²) in [6.45, 7) is 2.48. The molecule has 2 aliphatic rings. The number of benzene rings is 1. The van der Waals surface area contributed by atoms with Gasteiger partial charge in [0.1, 0.15) is 0 Å². The standard InChI is InChI=1S/C16H18ClNO2/c1-10(17)15(19)13-6-7-14-12(9-13)3-2-8-18(14)16(20)11-4-5-11/h6-7,9-11H,2-5,8H2,1H3. The summed E-state index contributed by atoms with van der Waals surface area (Å²) in [5, 5.41) is -0.513. The van der Waals surface area contributed by atoms with Crippen molar-refractivity contribution in [2.75, 3.05) is 11.4 Å². The first-order valence-corrected chi connectivity index (χ1v) is 7.64. The van der Waals surface area contributed by atoms with Gasteiger partial charge in [-0.05, 0) is 56.4 Å². The minimum Gasteiger partial charge on any atom is -0.312 e. The fourth-order valence-corrected chi connectivity index (χ4v) is 2.89. The van der Waals surface area contributed by atoms with Crippen LogP contribution in [0.1, 0.15) is 42.1 Å². The maximum Gasteiger partial charge on any atom is 0.230 e. The highest BCUT2D eigenvalue weighted by atomic mass is 35.5. The summed E-state index contributed by atoms with van der Waals surface area (Å²) in [5.74, 6) is 0.418. The lowest BCUT2D eigenvalue weighted by atomic mass is 9.96. The van der Waals surface area contributed by atoms with Gasteiger partial charge in [-0.2, -0.15) is 0 Å². The molecule has 0 spiro atoms. The van der Waals surface area contributed by atoms with Gasteiger partial charge >= 0.3 is 0 Å². The fourth-order valence-electron chi connectivity index (χ4n) is 2.76. The Hall–Kier alpha value is -1.35. The van der Waals surface area contributed by atoms with Crippen LogP contribution in [0.5, 0.6) is 0 Å². The van der Waals surface area contributed by atoms with Gasteiger partial charge in [-0.25, -0.2) is 0 Å². The smallest absolute Gasteiger partial charge is 0.230 e. The number of rotatable bonds is 3. The Bertz CT molecular complexity index is 564. The number of carbonyl (C=O) groups excluding carboxylic acids is 2. The van der Waals surface area contributed by atoms with Crippen molar-refractivity contribution < 1.29 is 9.59 Å². The van der Waals surface area contributed by atoms with Crippen molar-refractivity contribution >= 4 is 29.0 Å². The van der Waals surface area contributed by atoms with E-state index in [9.17, 15) is 9.59 Å². The van der Waals surface area contributed by atoms with E-state index in [1.165, 1.54) is 0 Å². The van der Waals surface area contributed by atoms with Crippen molar-refractivity contribution in [2.45, 2.75) is 38.0 Å². The number of hydrogen-bond donors (Lipinski definition) is 0. The first kappa shape index (κ1) is 13.6. The Labute approximate surface area is 123 Å². The molecule has 1 aliphatic carbocycles. The van der Waals surface area contributed by atoms with Gasteiger partial charge in [0.15, 0.2) is 5.78 Å². The number of hydrogen-bond acceptors (Lipinski definition) is 2. The molecular formula is C16H18ClNO2. The molecule has 1 atom stereocenters. The number of anilines is 1. The molecule has 3 rings (SSSR count). The molecule has 0 radical (unpaired) electrons. The molecule has 4 heteroatoms. The lowest BCUT2D eigenvalue weighted by molar-refractivity contribution is -0.119.